The highest BCUT2D eigenvalue weighted by Gasteiger charge is 2.57. The van der Waals surface area contributed by atoms with Crippen LogP contribution in [0.4, 0.5) is 13.2 Å². The van der Waals surface area contributed by atoms with Crippen LogP contribution in [0.3, 0.4) is 0 Å². The molecule has 0 aromatic heterocycles. The maximum Gasteiger partial charge on any atom is 0.419 e. The van der Waals surface area contributed by atoms with Gasteiger partial charge in [-0.3, -0.25) is 4.79 Å². The number of methoxy groups -OCH3 is 1. The fraction of sp³-hybridized carbons (Fsp3) is 0.889. The first-order valence-corrected chi connectivity index (χ1v) is 4.70. The number of halogens is 3. The summed E-state index contributed by atoms with van der Waals surface area (Å²) in [6.45, 7) is 1.24. The molecule has 0 spiro atoms. The van der Waals surface area contributed by atoms with Gasteiger partial charge in [-0.2, -0.15) is 13.2 Å². The summed E-state index contributed by atoms with van der Waals surface area (Å²) in [5, 5.41) is 0. The van der Waals surface area contributed by atoms with Crippen molar-refractivity contribution >= 4 is 5.91 Å². The topological polar surface area (TPSA) is 29.5 Å². The monoisotopic (exact) mass is 225 g/mol. The van der Waals surface area contributed by atoms with E-state index >= 15 is 0 Å². The van der Waals surface area contributed by atoms with Crippen molar-refractivity contribution in [3.8, 4) is 0 Å². The van der Waals surface area contributed by atoms with E-state index in [2.05, 4.69) is 4.74 Å². The van der Waals surface area contributed by atoms with E-state index in [1.807, 2.05) is 0 Å². The summed E-state index contributed by atoms with van der Waals surface area (Å²) in [5.41, 5.74) is -2.18. The number of hydrogen-bond acceptors (Lipinski definition) is 2. The quantitative estimate of drug-likeness (QED) is 0.678. The molecule has 88 valence electrons. The lowest BCUT2D eigenvalue weighted by atomic mass is 9.92. The molecule has 1 heterocycles. The zero-order valence-corrected chi connectivity index (χ0v) is 8.73. The highest BCUT2D eigenvalue weighted by atomic mass is 19.4. The van der Waals surface area contributed by atoms with Gasteiger partial charge < -0.3 is 9.64 Å². The van der Waals surface area contributed by atoms with E-state index < -0.39 is 18.3 Å². The molecule has 1 rings (SSSR count). The van der Waals surface area contributed by atoms with Gasteiger partial charge in [-0.05, 0) is 12.8 Å². The van der Waals surface area contributed by atoms with Crippen molar-refractivity contribution in [3.05, 3.63) is 0 Å². The maximum absolute atomic E-state index is 12.8. The van der Waals surface area contributed by atoms with Crippen molar-refractivity contribution in [2.75, 3.05) is 20.2 Å². The number of carbonyl (C=O) groups is 1. The standard InChI is InChI=1S/C9H14F3NO2/c1-7(14)13-5-3-4-8(6-13,15-2)9(10,11)12/h3-6H2,1-2H3. The maximum atomic E-state index is 12.8. The lowest BCUT2D eigenvalue weighted by molar-refractivity contribution is -0.282. The number of piperidine rings is 1. The number of carbonyl (C=O) groups excluding carboxylic acids is 1. The molecule has 1 aliphatic rings. The Balaban J connectivity index is 2.87. The highest BCUT2D eigenvalue weighted by molar-refractivity contribution is 5.73. The van der Waals surface area contributed by atoms with E-state index in [1.165, 1.54) is 11.8 Å². The molecule has 1 fully saturated rings. The molecule has 0 radical (unpaired) electrons. The summed E-state index contributed by atoms with van der Waals surface area (Å²) < 4.78 is 42.9. The Labute approximate surface area is 86.2 Å². The van der Waals surface area contributed by atoms with Gasteiger partial charge in [0, 0.05) is 20.6 Å². The van der Waals surface area contributed by atoms with E-state index in [0.717, 1.165) is 7.11 Å². The first-order chi connectivity index (χ1) is 6.82. The van der Waals surface area contributed by atoms with Gasteiger partial charge in [0.2, 0.25) is 5.91 Å². The SMILES string of the molecule is COC1(C(F)(F)F)CCCN(C(C)=O)C1. The number of amides is 1. The number of ether oxygens (including phenoxy) is 1. The molecule has 0 aromatic carbocycles. The molecule has 0 N–H and O–H groups in total. The number of rotatable bonds is 1. The molecule has 1 unspecified atom stereocenters. The Morgan fingerprint density at radius 3 is 2.47 bits per heavy atom. The molecule has 0 aromatic rings. The smallest absolute Gasteiger partial charge is 0.367 e. The molecule has 0 bridgehead atoms. The second kappa shape index (κ2) is 4.00. The third-order valence-electron chi connectivity index (χ3n) is 2.81. The third-order valence-corrected chi connectivity index (χ3v) is 2.81. The normalized spacial score (nSPS) is 27.9. The minimum absolute atomic E-state index is 0.0865. The Bertz CT molecular complexity index is 254. The van der Waals surface area contributed by atoms with Crippen LogP contribution in [0.15, 0.2) is 0 Å². The average Bonchev–Trinajstić information content (AvgIpc) is 2.16. The van der Waals surface area contributed by atoms with E-state index in [1.54, 1.807) is 0 Å². The minimum Gasteiger partial charge on any atom is -0.367 e. The summed E-state index contributed by atoms with van der Waals surface area (Å²) in [7, 11) is 1.04. The van der Waals surface area contributed by atoms with Crippen LogP contribution < -0.4 is 0 Å². The predicted octanol–water partition coefficient (Wildman–Crippen LogP) is 1.58. The lowest BCUT2D eigenvalue weighted by Crippen LogP contribution is -2.58. The van der Waals surface area contributed by atoms with Crippen LogP contribution in [0, 0.1) is 0 Å². The van der Waals surface area contributed by atoms with Crippen molar-refractivity contribution in [2.45, 2.75) is 31.5 Å². The summed E-state index contributed by atoms with van der Waals surface area (Å²) >= 11 is 0. The van der Waals surface area contributed by atoms with Crippen molar-refractivity contribution < 1.29 is 22.7 Å². The van der Waals surface area contributed by atoms with Gasteiger partial charge >= 0.3 is 6.18 Å². The fourth-order valence-corrected chi connectivity index (χ4v) is 1.80. The van der Waals surface area contributed by atoms with Gasteiger partial charge in [-0.15, -0.1) is 0 Å². The molecular formula is C9H14F3NO2. The highest BCUT2D eigenvalue weighted by Crippen LogP contribution is 2.39. The van der Waals surface area contributed by atoms with Crippen LogP contribution >= 0.6 is 0 Å². The van der Waals surface area contributed by atoms with Crippen LogP contribution in [0.25, 0.3) is 0 Å². The molecule has 1 amide bonds. The third kappa shape index (κ3) is 2.25. The Kier molecular flexibility index (Phi) is 3.28. The summed E-state index contributed by atoms with van der Waals surface area (Å²) in [6.07, 6.45) is -4.21. The Morgan fingerprint density at radius 1 is 1.47 bits per heavy atom. The van der Waals surface area contributed by atoms with E-state index in [4.69, 9.17) is 0 Å². The minimum atomic E-state index is -4.43. The first-order valence-electron chi connectivity index (χ1n) is 4.70. The van der Waals surface area contributed by atoms with Crippen LogP contribution in [0.5, 0.6) is 0 Å². The zero-order valence-electron chi connectivity index (χ0n) is 8.73. The van der Waals surface area contributed by atoms with Crippen LogP contribution in [-0.4, -0.2) is 42.8 Å². The number of likely N-dealkylation sites (tertiary alicyclic amines) is 1. The lowest BCUT2D eigenvalue weighted by Gasteiger charge is -2.42. The molecule has 1 aliphatic heterocycles. The van der Waals surface area contributed by atoms with Gasteiger partial charge in [-0.25, -0.2) is 0 Å². The second-order valence-electron chi connectivity index (χ2n) is 3.74. The average molecular weight is 225 g/mol. The summed E-state index contributed by atoms with van der Waals surface area (Å²) in [5.74, 6) is -0.347. The second-order valence-corrected chi connectivity index (χ2v) is 3.74. The Hall–Kier alpha value is -0.780. The van der Waals surface area contributed by atoms with Crippen LogP contribution in [0.1, 0.15) is 19.8 Å². The van der Waals surface area contributed by atoms with Crippen molar-refractivity contribution in [2.24, 2.45) is 0 Å². The molecular weight excluding hydrogens is 211 g/mol. The van der Waals surface area contributed by atoms with Gasteiger partial charge in [0.15, 0.2) is 5.60 Å². The molecule has 1 atom stereocenters. The summed E-state index contributed by atoms with van der Waals surface area (Å²) in [6, 6.07) is 0. The number of alkyl halides is 3. The van der Waals surface area contributed by atoms with Crippen molar-refractivity contribution in [1.82, 2.24) is 4.90 Å². The Morgan fingerprint density at radius 2 is 2.07 bits per heavy atom. The molecule has 6 heteroatoms. The molecule has 3 nitrogen and oxygen atoms in total. The number of hydrogen-bond donors (Lipinski definition) is 0. The van der Waals surface area contributed by atoms with E-state index in [9.17, 15) is 18.0 Å². The zero-order chi connectivity index (χ0) is 11.7. The predicted molar refractivity (Wildman–Crippen MR) is 47.3 cm³/mol. The number of nitrogens with zero attached hydrogens (tertiary/aromatic N) is 1. The molecule has 0 saturated carbocycles. The van der Waals surface area contributed by atoms with Crippen LogP contribution in [0.2, 0.25) is 0 Å². The van der Waals surface area contributed by atoms with Gasteiger partial charge in [0.25, 0.3) is 0 Å². The van der Waals surface area contributed by atoms with E-state index in [-0.39, 0.29) is 12.3 Å². The van der Waals surface area contributed by atoms with Crippen molar-refractivity contribution in [1.29, 1.82) is 0 Å². The van der Waals surface area contributed by atoms with Crippen LogP contribution in [-0.2, 0) is 9.53 Å². The van der Waals surface area contributed by atoms with Crippen molar-refractivity contribution in [3.63, 3.8) is 0 Å². The molecule has 15 heavy (non-hydrogen) atoms. The molecule has 1 saturated heterocycles. The van der Waals surface area contributed by atoms with Gasteiger partial charge in [0.05, 0.1) is 6.54 Å². The summed E-state index contributed by atoms with van der Waals surface area (Å²) in [4.78, 5) is 12.2. The molecule has 0 aliphatic carbocycles. The fourth-order valence-electron chi connectivity index (χ4n) is 1.80. The first kappa shape index (κ1) is 12.3. The largest absolute Gasteiger partial charge is 0.419 e. The van der Waals surface area contributed by atoms with Gasteiger partial charge in [0.1, 0.15) is 0 Å². The van der Waals surface area contributed by atoms with E-state index in [0.29, 0.717) is 13.0 Å². The van der Waals surface area contributed by atoms with Gasteiger partial charge in [-0.1, -0.05) is 0 Å².